The lowest BCUT2D eigenvalue weighted by Gasteiger charge is -2.32. The quantitative estimate of drug-likeness (QED) is 0.547. The van der Waals surface area contributed by atoms with Crippen molar-refractivity contribution in [2.45, 2.75) is 52.7 Å². The normalized spacial score (nSPS) is 12.3. The Balaban J connectivity index is 2.36. The van der Waals surface area contributed by atoms with Gasteiger partial charge in [0.15, 0.2) is 0 Å². The van der Waals surface area contributed by atoms with Crippen LogP contribution in [0.25, 0.3) is 0 Å². The molecule has 0 fully saturated rings. The topological polar surface area (TPSA) is 86.8 Å². The van der Waals surface area contributed by atoms with Gasteiger partial charge in [-0.25, -0.2) is 8.42 Å². The number of halogens is 1. The van der Waals surface area contributed by atoms with E-state index in [2.05, 4.69) is 5.32 Å². The van der Waals surface area contributed by atoms with Gasteiger partial charge in [-0.2, -0.15) is 0 Å². The van der Waals surface area contributed by atoms with Crippen molar-refractivity contribution in [3.63, 3.8) is 0 Å². The minimum absolute atomic E-state index is 0.1000. The summed E-state index contributed by atoms with van der Waals surface area (Å²) in [5.41, 5.74) is 2.23. The van der Waals surface area contributed by atoms with E-state index in [0.29, 0.717) is 10.7 Å². The molecule has 0 saturated heterocycles. The van der Waals surface area contributed by atoms with Gasteiger partial charge >= 0.3 is 0 Å². The van der Waals surface area contributed by atoms with E-state index in [1.165, 1.54) is 4.90 Å². The van der Waals surface area contributed by atoms with Crippen molar-refractivity contribution in [3.05, 3.63) is 64.7 Å². The maximum atomic E-state index is 13.4. The molecule has 2 rings (SSSR count). The van der Waals surface area contributed by atoms with Crippen LogP contribution < -0.4 is 9.62 Å². The average Bonchev–Trinajstić information content (AvgIpc) is 2.75. The maximum Gasteiger partial charge on any atom is 0.244 e. The fourth-order valence-electron chi connectivity index (χ4n) is 3.29. The fraction of sp³-hybridized carbons (Fsp3) is 0.417. The van der Waals surface area contributed by atoms with Crippen molar-refractivity contribution in [3.8, 4) is 0 Å². The molecule has 0 aliphatic carbocycles. The molecule has 9 heteroatoms. The van der Waals surface area contributed by atoms with Gasteiger partial charge in [0.1, 0.15) is 12.6 Å². The number of carbonyl (C=O) groups excluding carboxylic acids is 2. The number of carbonyl (C=O) groups is 2. The lowest BCUT2D eigenvalue weighted by molar-refractivity contribution is -0.139. The first kappa shape index (κ1) is 26.7. The highest BCUT2D eigenvalue weighted by Gasteiger charge is 2.30. The first-order chi connectivity index (χ1) is 15.4. The molecule has 7 nitrogen and oxygen atoms in total. The number of hydrogen-bond donors (Lipinski definition) is 1. The predicted octanol–water partition coefficient (Wildman–Crippen LogP) is 3.61. The molecule has 0 aliphatic heterocycles. The van der Waals surface area contributed by atoms with Crippen molar-refractivity contribution in [2.24, 2.45) is 0 Å². The Hall–Kier alpha value is -2.58. The minimum atomic E-state index is -3.74. The molecule has 33 heavy (non-hydrogen) atoms. The summed E-state index contributed by atoms with van der Waals surface area (Å²) in [4.78, 5) is 27.5. The molecule has 0 aliphatic rings. The molecular weight excluding hydrogens is 462 g/mol. The van der Waals surface area contributed by atoms with E-state index in [0.717, 1.165) is 28.1 Å². The number of rotatable bonds is 10. The van der Waals surface area contributed by atoms with Gasteiger partial charge in [-0.1, -0.05) is 42.8 Å². The molecule has 0 aromatic heterocycles. The molecule has 0 saturated carbocycles. The Labute approximate surface area is 201 Å². The number of benzene rings is 2. The van der Waals surface area contributed by atoms with Crippen LogP contribution in [0.2, 0.25) is 5.02 Å². The summed E-state index contributed by atoms with van der Waals surface area (Å²) >= 11 is 5.97. The number of hydrogen-bond acceptors (Lipinski definition) is 4. The van der Waals surface area contributed by atoms with E-state index in [1.807, 2.05) is 32.9 Å². The minimum Gasteiger partial charge on any atom is -0.352 e. The Bertz CT molecular complexity index is 1050. The summed E-state index contributed by atoms with van der Waals surface area (Å²) in [6, 6.07) is 13.1. The number of amides is 2. The second-order valence-electron chi connectivity index (χ2n) is 8.28. The van der Waals surface area contributed by atoms with E-state index >= 15 is 0 Å². The summed E-state index contributed by atoms with van der Waals surface area (Å²) < 4.78 is 26.2. The molecule has 180 valence electrons. The number of nitrogens with one attached hydrogen (secondary N) is 1. The van der Waals surface area contributed by atoms with Crippen molar-refractivity contribution < 1.29 is 18.0 Å². The largest absolute Gasteiger partial charge is 0.352 e. The third-order valence-electron chi connectivity index (χ3n) is 5.18. The van der Waals surface area contributed by atoms with Crippen LogP contribution in [0, 0.1) is 0 Å². The molecule has 0 spiro atoms. The Morgan fingerprint density at radius 2 is 1.52 bits per heavy atom. The third kappa shape index (κ3) is 7.75. The number of aryl methyl sites for hydroxylation is 1. The van der Waals surface area contributed by atoms with Gasteiger partial charge in [-0.05, 0) is 62.6 Å². The summed E-state index contributed by atoms with van der Waals surface area (Å²) in [7, 11) is -3.74. The second-order valence-corrected chi connectivity index (χ2v) is 10.6. The van der Waals surface area contributed by atoms with Crippen molar-refractivity contribution in [1.29, 1.82) is 0 Å². The zero-order valence-electron chi connectivity index (χ0n) is 19.7. The van der Waals surface area contributed by atoms with Crippen LogP contribution in [0.1, 0.15) is 38.8 Å². The molecular formula is C24H32ClN3O4S. The van der Waals surface area contributed by atoms with Crippen molar-refractivity contribution >= 4 is 39.1 Å². The number of anilines is 1. The third-order valence-corrected chi connectivity index (χ3v) is 6.57. The Morgan fingerprint density at radius 1 is 0.970 bits per heavy atom. The lowest BCUT2D eigenvalue weighted by atomic mass is 10.1. The highest BCUT2D eigenvalue weighted by Crippen LogP contribution is 2.20. The zero-order valence-corrected chi connectivity index (χ0v) is 21.3. The molecule has 2 aromatic carbocycles. The molecule has 2 amide bonds. The average molecular weight is 494 g/mol. The molecule has 0 unspecified atom stereocenters. The SMILES string of the molecule is CCc1ccc(N(CC(=O)N(Cc2ccc(Cl)cc2)[C@@H](C)C(=O)NC(C)C)S(C)(=O)=O)cc1. The van der Waals surface area contributed by atoms with Gasteiger partial charge in [0.25, 0.3) is 0 Å². The van der Waals surface area contributed by atoms with E-state index in [9.17, 15) is 18.0 Å². The maximum absolute atomic E-state index is 13.4. The van der Waals surface area contributed by atoms with Crippen LogP contribution in [0.4, 0.5) is 5.69 Å². The monoisotopic (exact) mass is 493 g/mol. The Morgan fingerprint density at radius 3 is 2.00 bits per heavy atom. The van der Waals surface area contributed by atoms with Crippen LogP contribution in [-0.4, -0.2) is 50.0 Å². The molecule has 0 heterocycles. The van der Waals surface area contributed by atoms with E-state index in [-0.39, 0.29) is 18.5 Å². The van der Waals surface area contributed by atoms with Gasteiger partial charge in [0.05, 0.1) is 11.9 Å². The van der Waals surface area contributed by atoms with E-state index < -0.39 is 28.5 Å². The summed E-state index contributed by atoms with van der Waals surface area (Å²) in [6.45, 7) is 7.02. The van der Waals surface area contributed by atoms with Gasteiger partial charge in [0.2, 0.25) is 21.8 Å². The van der Waals surface area contributed by atoms with Gasteiger partial charge in [0, 0.05) is 17.6 Å². The summed E-state index contributed by atoms with van der Waals surface area (Å²) in [6.07, 6.45) is 1.88. The van der Waals surface area contributed by atoms with Crippen LogP contribution in [0.5, 0.6) is 0 Å². The van der Waals surface area contributed by atoms with Crippen LogP contribution >= 0.6 is 11.6 Å². The smallest absolute Gasteiger partial charge is 0.244 e. The summed E-state index contributed by atoms with van der Waals surface area (Å²) in [5, 5.41) is 3.37. The van der Waals surface area contributed by atoms with Gasteiger partial charge in [-0.3, -0.25) is 13.9 Å². The summed E-state index contributed by atoms with van der Waals surface area (Å²) in [5.74, 6) is -0.799. The first-order valence-electron chi connectivity index (χ1n) is 10.8. The van der Waals surface area contributed by atoms with Crippen molar-refractivity contribution in [1.82, 2.24) is 10.2 Å². The zero-order chi connectivity index (χ0) is 24.8. The van der Waals surface area contributed by atoms with Crippen LogP contribution in [0.15, 0.2) is 48.5 Å². The second kappa shape index (κ2) is 11.5. The highest BCUT2D eigenvalue weighted by molar-refractivity contribution is 7.92. The molecule has 2 aromatic rings. The highest BCUT2D eigenvalue weighted by atomic mass is 35.5. The standard InChI is InChI=1S/C24H32ClN3O4S/c1-6-19-9-13-22(14-10-19)28(33(5,31)32)16-23(29)27(18(4)24(30)26-17(2)3)15-20-7-11-21(25)12-8-20/h7-14,17-18H,6,15-16H2,1-5H3,(H,26,30)/t18-/m0/s1. The predicted molar refractivity (Wildman–Crippen MR) is 133 cm³/mol. The fourth-order valence-corrected chi connectivity index (χ4v) is 4.26. The lowest BCUT2D eigenvalue weighted by Crippen LogP contribution is -2.52. The molecule has 1 atom stereocenters. The van der Waals surface area contributed by atoms with Gasteiger partial charge < -0.3 is 10.2 Å². The molecule has 0 bridgehead atoms. The van der Waals surface area contributed by atoms with Gasteiger partial charge in [-0.15, -0.1) is 0 Å². The first-order valence-corrected chi connectivity index (χ1v) is 13.1. The van der Waals surface area contributed by atoms with E-state index in [4.69, 9.17) is 11.6 Å². The van der Waals surface area contributed by atoms with E-state index in [1.54, 1.807) is 43.3 Å². The number of nitrogens with zero attached hydrogens (tertiary/aromatic N) is 2. The molecule has 0 radical (unpaired) electrons. The van der Waals surface area contributed by atoms with Crippen LogP contribution in [0.3, 0.4) is 0 Å². The van der Waals surface area contributed by atoms with Crippen LogP contribution in [-0.2, 0) is 32.6 Å². The number of sulfonamides is 1. The van der Waals surface area contributed by atoms with Crippen molar-refractivity contribution in [2.75, 3.05) is 17.1 Å². The Kier molecular flexibility index (Phi) is 9.31. The molecule has 1 N–H and O–H groups in total.